The molecule has 2 aliphatic rings. The topological polar surface area (TPSA) is 113 Å². The molecule has 0 bridgehead atoms. The number of carbonyl (C=O) groups is 2. The first-order valence-corrected chi connectivity index (χ1v) is 10.0. The average molecular weight is 436 g/mol. The summed E-state index contributed by atoms with van der Waals surface area (Å²) in [5, 5.41) is 9.72. The number of rotatable bonds is 4. The van der Waals surface area contributed by atoms with E-state index in [9.17, 15) is 9.59 Å². The number of nitrogens with zero attached hydrogens (tertiary/aromatic N) is 2. The van der Waals surface area contributed by atoms with Gasteiger partial charge in [-0.2, -0.15) is 5.10 Å². The van der Waals surface area contributed by atoms with Gasteiger partial charge in [0, 0.05) is 36.6 Å². The van der Waals surface area contributed by atoms with Crippen molar-refractivity contribution in [3.05, 3.63) is 53.9 Å². The third-order valence-electron chi connectivity index (χ3n) is 4.95. The van der Waals surface area contributed by atoms with Gasteiger partial charge in [0.05, 0.1) is 0 Å². The summed E-state index contributed by atoms with van der Waals surface area (Å²) in [5.74, 6) is 1.54. The standard InChI is InChI=1S/C22H20N4O6/c1-26-16(22(28)24-14-3-5-18-20(11-14)32-9-7-30-18)12-15(25-26)21(27)23-13-2-4-17-19(10-13)31-8-6-29-17/h2-5,10-12H,6-9H2,1H3,(H,23,27)(H,24,28). The van der Waals surface area contributed by atoms with Crippen molar-refractivity contribution >= 4 is 23.2 Å². The first-order chi connectivity index (χ1) is 15.6. The van der Waals surface area contributed by atoms with Crippen LogP contribution in [0.25, 0.3) is 0 Å². The molecule has 0 unspecified atom stereocenters. The minimum Gasteiger partial charge on any atom is -0.486 e. The Morgan fingerprint density at radius 2 is 1.25 bits per heavy atom. The van der Waals surface area contributed by atoms with Gasteiger partial charge in [0.25, 0.3) is 11.8 Å². The van der Waals surface area contributed by atoms with Gasteiger partial charge >= 0.3 is 0 Å². The summed E-state index contributed by atoms with van der Waals surface area (Å²) in [6.07, 6.45) is 0. The van der Waals surface area contributed by atoms with E-state index >= 15 is 0 Å². The minimum atomic E-state index is -0.448. The largest absolute Gasteiger partial charge is 0.486 e. The van der Waals surface area contributed by atoms with Crippen LogP contribution in [0, 0.1) is 0 Å². The lowest BCUT2D eigenvalue weighted by atomic mass is 10.2. The summed E-state index contributed by atoms with van der Waals surface area (Å²) < 4.78 is 23.4. The van der Waals surface area contributed by atoms with Gasteiger partial charge in [0.2, 0.25) is 0 Å². The number of anilines is 2. The number of benzene rings is 2. The lowest BCUT2D eigenvalue weighted by molar-refractivity contribution is 0.101. The van der Waals surface area contributed by atoms with Gasteiger partial charge in [0.1, 0.15) is 32.1 Å². The number of nitrogens with one attached hydrogen (secondary N) is 2. The van der Waals surface area contributed by atoms with E-state index in [4.69, 9.17) is 18.9 Å². The van der Waals surface area contributed by atoms with Gasteiger partial charge in [-0.25, -0.2) is 0 Å². The molecule has 10 nitrogen and oxygen atoms in total. The van der Waals surface area contributed by atoms with Crippen LogP contribution < -0.4 is 29.6 Å². The molecule has 0 aliphatic carbocycles. The quantitative estimate of drug-likeness (QED) is 0.646. The molecular formula is C22H20N4O6. The van der Waals surface area contributed by atoms with Gasteiger partial charge in [-0.15, -0.1) is 0 Å². The van der Waals surface area contributed by atoms with Crippen molar-refractivity contribution in [2.75, 3.05) is 37.1 Å². The van der Waals surface area contributed by atoms with Crippen molar-refractivity contribution in [3.63, 3.8) is 0 Å². The van der Waals surface area contributed by atoms with Crippen LogP contribution in [-0.2, 0) is 7.05 Å². The van der Waals surface area contributed by atoms with Gasteiger partial charge in [-0.1, -0.05) is 0 Å². The SMILES string of the molecule is Cn1nc(C(=O)Nc2ccc3c(c2)OCCO3)cc1C(=O)Nc1ccc2c(c1)OCCO2. The van der Waals surface area contributed by atoms with Crippen LogP contribution in [0.4, 0.5) is 11.4 Å². The number of fused-ring (bicyclic) bond motifs is 2. The summed E-state index contributed by atoms with van der Waals surface area (Å²) in [6.45, 7) is 1.88. The molecule has 2 aliphatic heterocycles. The summed E-state index contributed by atoms with van der Waals surface area (Å²) >= 11 is 0. The zero-order valence-corrected chi connectivity index (χ0v) is 17.2. The molecule has 2 N–H and O–H groups in total. The highest BCUT2D eigenvalue weighted by molar-refractivity contribution is 6.07. The summed E-state index contributed by atoms with van der Waals surface area (Å²) in [7, 11) is 1.60. The number of carbonyl (C=O) groups excluding carboxylic acids is 2. The second kappa shape index (κ2) is 8.14. The Kier molecular flexibility index (Phi) is 5.02. The fourth-order valence-electron chi connectivity index (χ4n) is 3.42. The lowest BCUT2D eigenvalue weighted by Crippen LogP contribution is -2.18. The monoisotopic (exact) mass is 436 g/mol. The molecule has 3 heterocycles. The van der Waals surface area contributed by atoms with Crippen molar-refractivity contribution in [2.24, 2.45) is 7.05 Å². The highest BCUT2D eigenvalue weighted by Gasteiger charge is 2.20. The molecule has 0 spiro atoms. The maximum absolute atomic E-state index is 12.8. The van der Waals surface area contributed by atoms with Gasteiger partial charge in [-0.05, 0) is 24.3 Å². The third kappa shape index (κ3) is 3.89. The Morgan fingerprint density at radius 3 is 1.81 bits per heavy atom. The van der Waals surface area contributed by atoms with E-state index in [1.165, 1.54) is 10.7 Å². The fourth-order valence-corrected chi connectivity index (χ4v) is 3.42. The van der Waals surface area contributed by atoms with E-state index in [2.05, 4.69) is 15.7 Å². The minimum absolute atomic E-state index is 0.106. The Balaban J connectivity index is 1.29. The molecule has 2 aromatic carbocycles. The number of aryl methyl sites for hydroxylation is 1. The highest BCUT2D eigenvalue weighted by atomic mass is 16.6. The summed E-state index contributed by atoms with van der Waals surface area (Å²) in [6, 6.07) is 11.7. The molecule has 164 valence electrons. The smallest absolute Gasteiger partial charge is 0.276 e. The Bertz CT molecular complexity index is 1210. The zero-order chi connectivity index (χ0) is 22.1. The number of hydrogen-bond acceptors (Lipinski definition) is 7. The third-order valence-corrected chi connectivity index (χ3v) is 4.95. The zero-order valence-electron chi connectivity index (χ0n) is 17.2. The number of amides is 2. The second-order valence-electron chi connectivity index (χ2n) is 7.16. The van der Waals surface area contributed by atoms with E-state index in [1.54, 1.807) is 43.4 Å². The molecule has 2 amide bonds. The Hall–Kier alpha value is -4.21. The fraction of sp³-hybridized carbons (Fsp3) is 0.227. The highest BCUT2D eigenvalue weighted by Crippen LogP contribution is 2.33. The van der Waals surface area contributed by atoms with E-state index < -0.39 is 11.8 Å². The van der Waals surface area contributed by atoms with Crippen molar-refractivity contribution < 1.29 is 28.5 Å². The van der Waals surface area contributed by atoms with Crippen LogP contribution >= 0.6 is 0 Å². The second-order valence-corrected chi connectivity index (χ2v) is 7.16. The molecule has 1 aromatic heterocycles. The molecule has 10 heteroatoms. The number of aromatic nitrogens is 2. The normalized spacial score (nSPS) is 13.9. The van der Waals surface area contributed by atoms with Crippen LogP contribution in [0.1, 0.15) is 21.0 Å². The molecule has 32 heavy (non-hydrogen) atoms. The Morgan fingerprint density at radius 1 is 0.750 bits per heavy atom. The number of hydrogen-bond donors (Lipinski definition) is 2. The lowest BCUT2D eigenvalue weighted by Gasteiger charge is -2.19. The van der Waals surface area contributed by atoms with Crippen molar-refractivity contribution in [2.45, 2.75) is 0 Å². The van der Waals surface area contributed by atoms with Gasteiger partial charge < -0.3 is 29.6 Å². The van der Waals surface area contributed by atoms with Crippen LogP contribution in [0.15, 0.2) is 42.5 Å². The number of ether oxygens (including phenoxy) is 4. The average Bonchev–Trinajstić information content (AvgIpc) is 3.21. The molecule has 0 radical (unpaired) electrons. The van der Waals surface area contributed by atoms with Crippen LogP contribution in [0.3, 0.4) is 0 Å². The van der Waals surface area contributed by atoms with Gasteiger partial charge in [-0.3, -0.25) is 14.3 Å². The predicted molar refractivity (Wildman–Crippen MR) is 114 cm³/mol. The van der Waals surface area contributed by atoms with Crippen LogP contribution in [-0.4, -0.2) is 48.0 Å². The molecule has 0 saturated carbocycles. The van der Waals surface area contributed by atoms with Crippen LogP contribution in [0.2, 0.25) is 0 Å². The molecule has 5 rings (SSSR count). The first kappa shape index (κ1) is 19.7. The molecule has 0 atom stereocenters. The molecule has 3 aromatic rings. The first-order valence-electron chi connectivity index (χ1n) is 10.0. The molecule has 0 fully saturated rings. The predicted octanol–water partition coefficient (Wildman–Crippen LogP) is 2.47. The Labute approximate surface area is 183 Å². The molecule has 0 saturated heterocycles. The maximum Gasteiger partial charge on any atom is 0.276 e. The maximum atomic E-state index is 12.8. The van der Waals surface area contributed by atoms with Crippen molar-refractivity contribution in [1.29, 1.82) is 0 Å². The van der Waals surface area contributed by atoms with Crippen molar-refractivity contribution in [3.8, 4) is 23.0 Å². The van der Waals surface area contributed by atoms with E-state index in [1.807, 2.05) is 0 Å². The molecular weight excluding hydrogens is 416 g/mol. The summed E-state index contributed by atoms with van der Waals surface area (Å²) in [4.78, 5) is 25.4. The van der Waals surface area contributed by atoms with Crippen molar-refractivity contribution in [1.82, 2.24) is 9.78 Å². The van der Waals surface area contributed by atoms with E-state index in [-0.39, 0.29) is 11.4 Å². The summed E-state index contributed by atoms with van der Waals surface area (Å²) in [5.41, 5.74) is 1.41. The van der Waals surface area contributed by atoms with E-state index in [0.29, 0.717) is 60.8 Å². The van der Waals surface area contributed by atoms with Gasteiger partial charge in [0.15, 0.2) is 28.7 Å². The van der Waals surface area contributed by atoms with Crippen LogP contribution in [0.5, 0.6) is 23.0 Å². The van der Waals surface area contributed by atoms with E-state index in [0.717, 1.165) is 0 Å².